The van der Waals surface area contributed by atoms with E-state index in [0.717, 1.165) is 55.1 Å². The first-order valence-electron chi connectivity index (χ1n) is 9.47. The number of nitrogens with zero attached hydrogens (tertiary/aromatic N) is 3. The van der Waals surface area contributed by atoms with Crippen molar-refractivity contribution in [2.75, 3.05) is 24.5 Å². The van der Waals surface area contributed by atoms with Crippen LogP contribution in [0.2, 0.25) is 0 Å². The van der Waals surface area contributed by atoms with Gasteiger partial charge in [0.05, 0.1) is 10.2 Å². The van der Waals surface area contributed by atoms with Gasteiger partial charge in [0.1, 0.15) is 17.9 Å². The number of halogens is 1. The molecule has 1 N–H and O–H groups in total. The molecule has 3 heterocycles. The zero-order chi connectivity index (χ0) is 19.3. The van der Waals surface area contributed by atoms with Crippen molar-refractivity contribution in [3.63, 3.8) is 0 Å². The van der Waals surface area contributed by atoms with Gasteiger partial charge in [0.2, 0.25) is 0 Å². The number of aromatic nitrogens is 2. The number of hydrogen-bond donors (Lipinski definition) is 1. The number of anilines is 1. The highest BCUT2D eigenvalue weighted by molar-refractivity contribution is 14.1. The molecule has 0 amide bonds. The van der Waals surface area contributed by atoms with Crippen molar-refractivity contribution in [1.82, 2.24) is 15.3 Å². The van der Waals surface area contributed by atoms with E-state index in [1.807, 2.05) is 41.2 Å². The highest BCUT2D eigenvalue weighted by Crippen LogP contribution is 2.32. The molecular weight excluding hydrogens is 483 g/mol. The molecule has 0 saturated carbocycles. The Bertz CT molecular complexity index is 966. The summed E-state index contributed by atoms with van der Waals surface area (Å²) in [6.07, 6.45) is 8.23. The standard InChI is InChI=1S/C21H23IN4OS/c1-15-13-28-20-19(15)24-14-25-21(20)26-11-8-17(9-12-26)23-10-4-6-16-5-2-3-7-18(16)27-22/h2-7,13-14,17,23H,8-12H2,1H3/b6-4+. The molecule has 7 heteroatoms. The summed E-state index contributed by atoms with van der Waals surface area (Å²) >= 11 is 3.68. The topological polar surface area (TPSA) is 50.3 Å². The molecule has 0 radical (unpaired) electrons. The lowest BCUT2D eigenvalue weighted by atomic mass is 10.0. The third-order valence-electron chi connectivity index (χ3n) is 5.13. The smallest absolute Gasteiger partial charge is 0.192 e. The van der Waals surface area contributed by atoms with Gasteiger partial charge in [0, 0.05) is 31.2 Å². The molecule has 0 spiro atoms. The Hall–Kier alpha value is -1.71. The van der Waals surface area contributed by atoms with Gasteiger partial charge >= 0.3 is 0 Å². The lowest BCUT2D eigenvalue weighted by Gasteiger charge is -2.33. The minimum Gasteiger partial charge on any atom is -0.427 e. The van der Waals surface area contributed by atoms with Crippen molar-refractivity contribution in [2.24, 2.45) is 0 Å². The Morgan fingerprint density at radius 3 is 2.93 bits per heavy atom. The van der Waals surface area contributed by atoms with Crippen molar-refractivity contribution in [3.8, 4) is 5.75 Å². The van der Waals surface area contributed by atoms with Gasteiger partial charge in [-0.1, -0.05) is 30.4 Å². The molecule has 0 bridgehead atoms. The maximum atomic E-state index is 5.36. The second-order valence-corrected chi connectivity index (χ2v) is 8.30. The van der Waals surface area contributed by atoms with Gasteiger partial charge in [0.25, 0.3) is 0 Å². The van der Waals surface area contributed by atoms with E-state index in [2.05, 4.69) is 50.7 Å². The fourth-order valence-electron chi connectivity index (χ4n) is 3.59. The molecule has 1 aliphatic heterocycles. The van der Waals surface area contributed by atoms with Crippen LogP contribution in [-0.4, -0.2) is 35.6 Å². The first kappa shape index (κ1) is 19.6. The normalized spacial score (nSPS) is 15.6. The van der Waals surface area contributed by atoms with Crippen LogP contribution >= 0.6 is 34.3 Å². The van der Waals surface area contributed by atoms with Gasteiger partial charge in [0.15, 0.2) is 23.0 Å². The lowest BCUT2D eigenvalue weighted by Crippen LogP contribution is -2.42. The molecule has 0 atom stereocenters. The molecule has 1 aliphatic rings. The minimum atomic E-state index is 0.541. The maximum Gasteiger partial charge on any atom is 0.192 e. The molecule has 3 aromatic rings. The summed E-state index contributed by atoms with van der Waals surface area (Å²) in [5.74, 6) is 1.99. The Labute approximate surface area is 183 Å². The Morgan fingerprint density at radius 2 is 2.11 bits per heavy atom. The molecule has 4 rings (SSSR count). The molecule has 0 unspecified atom stereocenters. The van der Waals surface area contributed by atoms with E-state index in [1.54, 1.807) is 17.7 Å². The van der Waals surface area contributed by atoms with E-state index in [-0.39, 0.29) is 0 Å². The van der Waals surface area contributed by atoms with Crippen LogP contribution in [0.3, 0.4) is 0 Å². The second kappa shape index (κ2) is 9.19. The minimum absolute atomic E-state index is 0.541. The van der Waals surface area contributed by atoms with Crippen LogP contribution in [0, 0.1) is 6.92 Å². The number of piperidine rings is 1. The Morgan fingerprint density at radius 1 is 1.29 bits per heavy atom. The van der Waals surface area contributed by atoms with Crippen molar-refractivity contribution in [1.29, 1.82) is 0 Å². The molecule has 28 heavy (non-hydrogen) atoms. The molecule has 1 fully saturated rings. The molecule has 0 aliphatic carbocycles. The largest absolute Gasteiger partial charge is 0.427 e. The summed E-state index contributed by atoms with van der Waals surface area (Å²) in [6, 6.07) is 8.60. The van der Waals surface area contributed by atoms with Crippen molar-refractivity contribution >= 4 is 56.5 Å². The van der Waals surface area contributed by atoms with E-state index in [4.69, 9.17) is 3.07 Å². The van der Waals surface area contributed by atoms with E-state index in [1.165, 1.54) is 10.3 Å². The number of benzene rings is 1. The summed E-state index contributed by atoms with van der Waals surface area (Å²) in [6.45, 7) is 5.03. The van der Waals surface area contributed by atoms with Gasteiger partial charge in [-0.15, -0.1) is 11.3 Å². The molecule has 146 valence electrons. The predicted octanol–water partition coefficient (Wildman–Crippen LogP) is 5.00. The number of thiophene rings is 1. The van der Waals surface area contributed by atoms with E-state index >= 15 is 0 Å². The third kappa shape index (κ3) is 4.31. The van der Waals surface area contributed by atoms with Crippen LogP contribution in [0.15, 0.2) is 42.0 Å². The number of aryl methyl sites for hydroxylation is 1. The average Bonchev–Trinajstić information content (AvgIpc) is 3.13. The molecule has 1 saturated heterocycles. The predicted molar refractivity (Wildman–Crippen MR) is 126 cm³/mol. The summed E-state index contributed by atoms with van der Waals surface area (Å²) in [4.78, 5) is 11.4. The SMILES string of the molecule is Cc1csc2c(N3CCC(NC/C=C/c4ccccc4OI)CC3)ncnc12. The van der Waals surface area contributed by atoms with Crippen LogP contribution in [-0.2, 0) is 0 Å². The number of hydrogen-bond acceptors (Lipinski definition) is 6. The van der Waals surface area contributed by atoms with Crippen molar-refractivity contribution < 1.29 is 3.07 Å². The highest BCUT2D eigenvalue weighted by Gasteiger charge is 2.22. The summed E-state index contributed by atoms with van der Waals surface area (Å²) in [7, 11) is 0. The van der Waals surface area contributed by atoms with Crippen LogP contribution in [0.25, 0.3) is 16.3 Å². The first-order chi connectivity index (χ1) is 13.8. The zero-order valence-corrected chi connectivity index (χ0v) is 18.7. The van der Waals surface area contributed by atoms with Crippen LogP contribution < -0.4 is 13.3 Å². The molecular formula is C21H23IN4OS. The van der Waals surface area contributed by atoms with E-state index in [9.17, 15) is 0 Å². The Kier molecular flexibility index (Phi) is 6.43. The number of fused-ring (bicyclic) bond motifs is 1. The second-order valence-electron chi connectivity index (χ2n) is 6.98. The quantitative estimate of drug-likeness (QED) is 0.477. The van der Waals surface area contributed by atoms with Gasteiger partial charge < -0.3 is 13.3 Å². The number of para-hydroxylation sites is 1. The number of rotatable bonds is 6. The lowest BCUT2D eigenvalue weighted by molar-refractivity contribution is 0.429. The fraction of sp³-hybridized carbons (Fsp3) is 0.333. The van der Waals surface area contributed by atoms with Gasteiger partial charge in [-0.3, -0.25) is 0 Å². The Balaban J connectivity index is 1.30. The average molecular weight is 506 g/mol. The molecule has 2 aromatic heterocycles. The first-order valence-corrected chi connectivity index (χ1v) is 11.2. The zero-order valence-electron chi connectivity index (χ0n) is 15.8. The highest BCUT2D eigenvalue weighted by atomic mass is 127. The fourth-order valence-corrected chi connectivity index (χ4v) is 5.01. The summed E-state index contributed by atoms with van der Waals surface area (Å²) in [5.41, 5.74) is 3.44. The number of nitrogens with one attached hydrogen (secondary N) is 1. The monoisotopic (exact) mass is 506 g/mol. The van der Waals surface area contributed by atoms with Crippen molar-refractivity contribution in [2.45, 2.75) is 25.8 Å². The third-order valence-corrected chi connectivity index (χ3v) is 6.69. The van der Waals surface area contributed by atoms with E-state index < -0.39 is 0 Å². The van der Waals surface area contributed by atoms with E-state index in [0.29, 0.717) is 6.04 Å². The molecule has 1 aromatic carbocycles. The van der Waals surface area contributed by atoms with Crippen molar-refractivity contribution in [3.05, 3.63) is 53.2 Å². The van der Waals surface area contributed by atoms with Gasteiger partial charge in [-0.05, 0) is 36.8 Å². The van der Waals surface area contributed by atoms with Crippen LogP contribution in [0.5, 0.6) is 5.75 Å². The molecule has 5 nitrogen and oxygen atoms in total. The van der Waals surface area contributed by atoms with Crippen LogP contribution in [0.4, 0.5) is 5.82 Å². The van der Waals surface area contributed by atoms with Crippen LogP contribution in [0.1, 0.15) is 24.0 Å². The summed E-state index contributed by atoms with van der Waals surface area (Å²) < 4.78 is 6.57. The van der Waals surface area contributed by atoms with Gasteiger partial charge in [-0.2, -0.15) is 0 Å². The maximum absolute atomic E-state index is 5.36. The summed E-state index contributed by atoms with van der Waals surface area (Å²) in [5, 5.41) is 5.83. The van der Waals surface area contributed by atoms with Gasteiger partial charge in [-0.25, -0.2) is 9.97 Å².